The number of fused-ring (bicyclic) bond motifs is 1. The van der Waals surface area contributed by atoms with Gasteiger partial charge in [-0.3, -0.25) is 19.3 Å². The molecule has 1 saturated heterocycles. The predicted octanol–water partition coefficient (Wildman–Crippen LogP) is 2.07. The molecule has 0 aliphatic carbocycles. The van der Waals surface area contributed by atoms with Gasteiger partial charge in [-0.1, -0.05) is 19.1 Å². The zero-order chi connectivity index (χ0) is 15.7. The Hall–Kier alpha value is -2.17. The summed E-state index contributed by atoms with van der Waals surface area (Å²) in [6.45, 7) is 3.04. The van der Waals surface area contributed by atoms with E-state index >= 15 is 0 Å². The average molecular weight is 300 g/mol. The van der Waals surface area contributed by atoms with E-state index in [1.165, 1.54) is 4.90 Å². The molecule has 1 aromatic carbocycles. The minimum atomic E-state index is -0.290. The number of imide groups is 1. The van der Waals surface area contributed by atoms with Crippen molar-refractivity contribution in [1.29, 1.82) is 0 Å². The van der Waals surface area contributed by atoms with Gasteiger partial charge in [-0.05, 0) is 31.4 Å². The van der Waals surface area contributed by atoms with Crippen molar-refractivity contribution >= 4 is 17.7 Å². The molecule has 116 valence electrons. The van der Waals surface area contributed by atoms with Gasteiger partial charge in [0.25, 0.3) is 11.8 Å². The molecule has 1 atom stereocenters. The fourth-order valence-electron chi connectivity index (χ4n) is 3.38. The molecule has 0 N–H and O–H groups in total. The van der Waals surface area contributed by atoms with Crippen molar-refractivity contribution in [3.63, 3.8) is 0 Å². The first-order chi connectivity index (χ1) is 10.6. The molecule has 5 nitrogen and oxygen atoms in total. The molecule has 2 aliphatic rings. The summed E-state index contributed by atoms with van der Waals surface area (Å²) in [5.41, 5.74) is 0.875. The van der Waals surface area contributed by atoms with Crippen LogP contribution in [-0.2, 0) is 4.79 Å². The minimum Gasteiger partial charge on any atom is -0.340 e. The summed E-state index contributed by atoms with van der Waals surface area (Å²) in [7, 11) is 0. The van der Waals surface area contributed by atoms with Crippen molar-refractivity contribution in [2.75, 3.05) is 13.1 Å². The number of benzene rings is 1. The van der Waals surface area contributed by atoms with E-state index in [1.807, 2.05) is 4.90 Å². The lowest BCUT2D eigenvalue weighted by Crippen LogP contribution is -2.38. The quantitative estimate of drug-likeness (QED) is 0.800. The Labute approximate surface area is 129 Å². The van der Waals surface area contributed by atoms with Crippen molar-refractivity contribution in [3.8, 4) is 0 Å². The Morgan fingerprint density at radius 3 is 2.41 bits per heavy atom. The van der Waals surface area contributed by atoms with Crippen molar-refractivity contribution in [1.82, 2.24) is 9.80 Å². The van der Waals surface area contributed by atoms with E-state index in [0.717, 1.165) is 25.8 Å². The smallest absolute Gasteiger partial charge is 0.261 e. The number of nitrogens with zero attached hydrogens (tertiary/aromatic N) is 2. The summed E-state index contributed by atoms with van der Waals surface area (Å²) in [5, 5.41) is 0. The van der Waals surface area contributed by atoms with Gasteiger partial charge in [0.1, 0.15) is 0 Å². The van der Waals surface area contributed by atoms with E-state index < -0.39 is 0 Å². The van der Waals surface area contributed by atoms with Gasteiger partial charge < -0.3 is 4.90 Å². The monoisotopic (exact) mass is 300 g/mol. The Morgan fingerprint density at radius 1 is 1.18 bits per heavy atom. The Morgan fingerprint density at radius 2 is 1.82 bits per heavy atom. The van der Waals surface area contributed by atoms with Gasteiger partial charge in [0.15, 0.2) is 0 Å². The number of carbonyl (C=O) groups excluding carboxylic acids is 3. The van der Waals surface area contributed by atoms with Gasteiger partial charge in [0, 0.05) is 25.6 Å². The standard InChI is InChI=1S/C17H20N2O3/c1-2-12-6-5-10-18(12)15(20)9-11-19-16(21)13-7-3-4-8-14(13)17(19)22/h3-4,7-8,12H,2,5-6,9-11H2,1H3. The van der Waals surface area contributed by atoms with E-state index in [4.69, 9.17) is 0 Å². The van der Waals surface area contributed by atoms with E-state index in [9.17, 15) is 14.4 Å². The largest absolute Gasteiger partial charge is 0.340 e. The van der Waals surface area contributed by atoms with Crippen LogP contribution in [0.25, 0.3) is 0 Å². The van der Waals surface area contributed by atoms with Crippen LogP contribution in [0.2, 0.25) is 0 Å². The normalized spacial score (nSPS) is 20.7. The topological polar surface area (TPSA) is 57.7 Å². The van der Waals surface area contributed by atoms with Crippen molar-refractivity contribution in [2.24, 2.45) is 0 Å². The number of rotatable bonds is 4. The molecule has 2 aliphatic heterocycles. The van der Waals surface area contributed by atoms with Crippen LogP contribution in [0.3, 0.4) is 0 Å². The molecule has 2 heterocycles. The van der Waals surface area contributed by atoms with Gasteiger partial charge in [-0.15, -0.1) is 0 Å². The van der Waals surface area contributed by atoms with Crippen molar-refractivity contribution in [3.05, 3.63) is 35.4 Å². The van der Waals surface area contributed by atoms with E-state index in [0.29, 0.717) is 17.2 Å². The van der Waals surface area contributed by atoms with Crippen LogP contribution in [0.5, 0.6) is 0 Å². The third kappa shape index (κ3) is 2.40. The van der Waals surface area contributed by atoms with Gasteiger partial charge in [0.2, 0.25) is 5.91 Å². The highest BCUT2D eigenvalue weighted by Crippen LogP contribution is 2.24. The molecule has 0 bridgehead atoms. The first-order valence-electron chi connectivity index (χ1n) is 7.88. The zero-order valence-electron chi connectivity index (χ0n) is 12.7. The molecule has 0 aromatic heterocycles. The highest BCUT2D eigenvalue weighted by molar-refractivity contribution is 6.21. The Kier molecular flexibility index (Phi) is 3.96. The average Bonchev–Trinajstić information content (AvgIpc) is 3.10. The van der Waals surface area contributed by atoms with Crippen LogP contribution in [0, 0.1) is 0 Å². The summed E-state index contributed by atoms with van der Waals surface area (Å²) in [5.74, 6) is -0.537. The predicted molar refractivity (Wildman–Crippen MR) is 81.5 cm³/mol. The number of carbonyl (C=O) groups is 3. The molecular formula is C17H20N2O3. The maximum atomic E-state index is 12.3. The van der Waals surface area contributed by atoms with Crippen LogP contribution in [0.15, 0.2) is 24.3 Å². The van der Waals surface area contributed by atoms with Crippen molar-refractivity contribution < 1.29 is 14.4 Å². The van der Waals surface area contributed by atoms with Crippen LogP contribution < -0.4 is 0 Å². The molecule has 1 aromatic rings. The summed E-state index contributed by atoms with van der Waals surface area (Å²) in [4.78, 5) is 39.9. The molecule has 3 amide bonds. The summed E-state index contributed by atoms with van der Waals surface area (Å²) >= 11 is 0. The highest BCUT2D eigenvalue weighted by Gasteiger charge is 2.36. The second-order valence-corrected chi connectivity index (χ2v) is 5.85. The van der Waals surface area contributed by atoms with Gasteiger partial charge in [-0.25, -0.2) is 0 Å². The van der Waals surface area contributed by atoms with Crippen LogP contribution >= 0.6 is 0 Å². The third-order valence-corrected chi connectivity index (χ3v) is 4.60. The molecule has 0 radical (unpaired) electrons. The van der Waals surface area contributed by atoms with Crippen LogP contribution in [-0.4, -0.2) is 46.7 Å². The lowest BCUT2D eigenvalue weighted by molar-refractivity contribution is -0.132. The molecule has 22 heavy (non-hydrogen) atoms. The molecule has 0 saturated carbocycles. The summed E-state index contributed by atoms with van der Waals surface area (Å²) in [6, 6.07) is 7.12. The second-order valence-electron chi connectivity index (χ2n) is 5.85. The van der Waals surface area contributed by atoms with E-state index in [1.54, 1.807) is 24.3 Å². The Balaban J connectivity index is 1.64. The molecule has 3 rings (SSSR count). The SMILES string of the molecule is CCC1CCCN1C(=O)CCN1C(=O)c2ccccc2C1=O. The van der Waals surface area contributed by atoms with E-state index in [2.05, 4.69) is 6.92 Å². The highest BCUT2D eigenvalue weighted by atomic mass is 16.2. The minimum absolute atomic E-state index is 0.0425. The number of hydrogen-bond donors (Lipinski definition) is 0. The summed E-state index contributed by atoms with van der Waals surface area (Å²) in [6.07, 6.45) is 3.26. The lowest BCUT2D eigenvalue weighted by Gasteiger charge is -2.24. The molecule has 0 spiro atoms. The maximum Gasteiger partial charge on any atom is 0.261 e. The molecule has 1 unspecified atom stereocenters. The molecular weight excluding hydrogens is 280 g/mol. The summed E-state index contributed by atoms with van der Waals surface area (Å²) < 4.78 is 0. The fraction of sp³-hybridized carbons (Fsp3) is 0.471. The third-order valence-electron chi connectivity index (χ3n) is 4.60. The molecule has 1 fully saturated rings. The number of hydrogen-bond acceptors (Lipinski definition) is 3. The zero-order valence-corrected chi connectivity index (χ0v) is 12.7. The second kappa shape index (κ2) is 5.91. The Bertz CT molecular complexity index is 591. The first-order valence-corrected chi connectivity index (χ1v) is 7.88. The van der Waals surface area contributed by atoms with Crippen LogP contribution in [0.1, 0.15) is 53.3 Å². The number of amides is 3. The van der Waals surface area contributed by atoms with Gasteiger partial charge >= 0.3 is 0 Å². The maximum absolute atomic E-state index is 12.3. The van der Waals surface area contributed by atoms with Crippen LogP contribution in [0.4, 0.5) is 0 Å². The van der Waals surface area contributed by atoms with Gasteiger partial charge in [-0.2, -0.15) is 0 Å². The lowest BCUT2D eigenvalue weighted by atomic mass is 10.1. The number of likely N-dealkylation sites (tertiary alicyclic amines) is 1. The van der Waals surface area contributed by atoms with E-state index in [-0.39, 0.29) is 30.7 Å². The fourth-order valence-corrected chi connectivity index (χ4v) is 3.38. The van der Waals surface area contributed by atoms with Crippen molar-refractivity contribution in [2.45, 2.75) is 38.6 Å². The van der Waals surface area contributed by atoms with Gasteiger partial charge in [0.05, 0.1) is 11.1 Å². The molecule has 5 heteroatoms. The first kappa shape index (κ1) is 14.8.